The predicted molar refractivity (Wildman–Crippen MR) is 80.4 cm³/mol. The van der Waals surface area contributed by atoms with Gasteiger partial charge in [0.1, 0.15) is 5.75 Å². The van der Waals surface area contributed by atoms with Gasteiger partial charge in [0.15, 0.2) is 6.79 Å². The minimum absolute atomic E-state index is 0.298. The van der Waals surface area contributed by atoms with Crippen LogP contribution in [0.2, 0.25) is 30.7 Å². The topological polar surface area (TPSA) is 18.5 Å². The van der Waals surface area contributed by atoms with Gasteiger partial charge >= 0.3 is 0 Å². The fourth-order valence-corrected chi connectivity index (χ4v) is 2.51. The van der Waals surface area contributed by atoms with Crippen LogP contribution in [0.15, 0.2) is 18.2 Å². The van der Waals surface area contributed by atoms with E-state index in [0.29, 0.717) is 6.79 Å². The van der Waals surface area contributed by atoms with Crippen LogP contribution in [0.5, 0.6) is 5.75 Å². The highest BCUT2D eigenvalue weighted by Gasteiger charge is 2.11. The minimum atomic E-state index is -1.01. The lowest BCUT2D eigenvalue weighted by atomic mass is 10.2. The van der Waals surface area contributed by atoms with Crippen LogP contribution in [0.4, 0.5) is 0 Å². The number of hydrogen-bond donors (Lipinski definition) is 0. The average molecular weight is 287 g/mol. The van der Waals surface area contributed by atoms with Crippen molar-refractivity contribution in [3.05, 3.63) is 28.8 Å². The number of ether oxygens (including phenoxy) is 2. The van der Waals surface area contributed by atoms with E-state index in [9.17, 15) is 0 Å². The van der Waals surface area contributed by atoms with Crippen molar-refractivity contribution in [3.63, 3.8) is 0 Å². The van der Waals surface area contributed by atoms with Crippen molar-refractivity contribution >= 4 is 19.7 Å². The van der Waals surface area contributed by atoms with E-state index >= 15 is 0 Å². The SMILES string of the molecule is CCc1ccc(OCOCC[Si](C)(C)C)cc1Cl. The van der Waals surface area contributed by atoms with Crippen LogP contribution in [0.1, 0.15) is 12.5 Å². The molecule has 0 saturated carbocycles. The molecule has 1 aromatic carbocycles. The summed E-state index contributed by atoms with van der Waals surface area (Å²) in [5.41, 5.74) is 1.14. The molecule has 0 amide bonds. The van der Waals surface area contributed by atoms with Gasteiger partial charge in [-0.25, -0.2) is 0 Å². The Morgan fingerprint density at radius 2 is 1.94 bits per heavy atom. The second-order valence-electron chi connectivity index (χ2n) is 5.59. The van der Waals surface area contributed by atoms with Gasteiger partial charge in [0.2, 0.25) is 0 Å². The van der Waals surface area contributed by atoms with Crippen LogP contribution in [0, 0.1) is 0 Å². The summed E-state index contributed by atoms with van der Waals surface area (Å²) in [6, 6.07) is 6.94. The van der Waals surface area contributed by atoms with Gasteiger partial charge in [0, 0.05) is 19.7 Å². The third-order valence-electron chi connectivity index (χ3n) is 2.71. The Kier molecular flexibility index (Phi) is 6.19. The minimum Gasteiger partial charge on any atom is -0.468 e. The Morgan fingerprint density at radius 1 is 1.22 bits per heavy atom. The molecule has 1 rings (SSSR count). The largest absolute Gasteiger partial charge is 0.468 e. The number of benzene rings is 1. The maximum absolute atomic E-state index is 6.11. The van der Waals surface area contributed by atoms with Gasteiger partial charge in [0.05, 0.1) is 0 Å². The van der Waals surface area contributed by atoms with Crippen LogP contribution in [0.25, 0.3) is 0 Å². The fourth-order valence-electron chi connectivity index (χ4n) is 1.45. The molecule has 0 saturated heterocycles. The molecule has 0 aliphatic heterocycles. The molecule has 0 spiro atoms. The van der Waals surface area contributed by atoms with Crippen LogP contribution >= 0.6 is 11.6 Å². The molecule has 0 aliphatic carbocycles. The number of halogens is 1. The summed E-state index contributed by atoms with van der Waals surface area (Å²) in [5.74, 6) is 0.769. The highest BCUT2D eigenvalue weighted by Crippen LogP contribution is 2.22. The lowest BCUT2D eigenvalue weighted by Gasteiger charge is -2.15. The van der Waals surface area contributed by atoms with E-state index in [4.69, 9.17) is 21.1 Å². The van der Waals surface area contributed by atoms with Crippen molar-refractivity contribution in [1.82, 2.24) is 0 Å². The van der Waals surface area contributed by atoms with Gasteiger partial charge < -0.3 is 9.47 Å². The molecule has 4 heteroatoms. The van der Waals surface area contributed by atoms with E-state index < -0.39 is 8.07 Å². The molecule has 0 radical (unpaired) electrons. The summed E-state index contributed by atoms with van der Waals surface area (Å²) in [6.07, 6.45) is 0.936. The molecule has 0 atom stereocenters. The molecule has 0 heterocycles. The number of hydrogen-bond acceptors (Lipinski definition) is 2. The molecule has 1 aromatic rings. The van der Waals surface area contributed by atoms with Crippen LogP contribution < -0.4 is 4.74 Å². The smallest absolute Gasteiger partial charge is 0.189 e. The molecule has 0 fully saturated rings. The van der Waals surface area contributed by atoms with E-state index in [-0.39, 0.29) is 0 Å². The summed E-state index contributed by atoms with van der Waals surface area (Å²) in [5, 5.41) is 0.761. The summed E-state index contributed by atoms with van der Waals surface area (Å²) in [7, 11) is -1.01. The van der Waals surface area contributed by atoms with Crippen molar-refractivity contribution in [1.29, 1.82) is 0 Å². The second kappa shape index (κ2) is 7.17. The Morgan fingerprint density at radius 3 is 2.50 bits per heavy atom. The first-order valence-electron chi connectivity index (χ1n) is 6.41. The third-order valence-corrected chi connectivity index (χ3v) is 4.77. The third kappa shape index (κ3) is 5.89. The molecule has 0 aliphatic rings. The predicted octanol–water partition coefficient (Wildman–Crippen LogP) is 4.59. The van der Waals surface area contributed by atoms with Gasteiger partial charge in [-0.15, -0.1) is 0 Å². The fraction of sp³-hybridized carbons (Fsp3) is 0.571. The quantitative estimate of drug-likeness (QED) is 0.414. The summed E-state index contributed by atoms with van der Waals surface area (Å²) < 4.78 is 11.0. The van der Waals surface area contributed by atoms with Crippen molar-refractivity contribution in [2.75, 3.05) is 13.4 Å². The molecular formula is C14H23ClO2Si. The van der Waals surface area contributed by atoms with Crippen LogP contribution in [-0.4, -0.2) is 21.5 Å². The van der Waals surface area contributed by atoms with E-state index in [1.165, 1.54) is 0 Å². The highest BCUT2D eigenvalue weighted by atomic mass is 35.5. The molecular weight excluding hydrogens is 264 g/mol. The molecule has 18 heavy (non-hydrogen) atoms. The van der Waals surface area contributed by atoms with E-state index in [1.54, 1.807) is 0 Å². The molecule has 0 bridgehead atoms. The molecule has 0 unspecified atom stereocenters. The Hall–Kier alpha value is -0.513. The summed E-state index contributed by atoms with van der Waals surface area (Å²) >= 11 is 6.11. The van der Waals surface area contributed by atoms with Gasteiger partial charge in [-0.2, -0.15) is 0 Å². The first kappa shape index (κ1) is 15.5. The number of aryl methyl sites for hydroxylation is 1. The highest BCUT2D eigenvalue weighted by molar-refractivity contribution is 6.76. The van der Waals surface area contributed by atoms with E-state index in [1.807, 2.05) is 18.2 Å². The van der Waals surface area contributed by atoms with Gasteiger partial charge in [-0.1, -0.05) is 44.2 Å². The van der Waals surface area contributed by atoms with E-state index in [2.05, 4.69) is 26.6 Å². The average Bonchev–Trinajstić information content (AvgIpc) is 2.27. The first-order chi connectivity index (χ1) is 8.42. The van der Waals surface area contributed by atoms with Crippen molar-refractivity contribution in [2.45, 2.75) is 39.0 Å². The molecule has 2 nitrogen and oxygen atoms in total. The van der Waals surface area contributed by atoms with Gasteiger partial charge in [-0.05, 0) is 30.2 Å². The molecule has 0 N–H and O–H groups in total. The monoisotopic (exact) mass is 286 g/mol. The maximum atomic E-state index is 6.11. The lowest BCUT2D eigenvalue weighted by Crippen LogP contribution is -2.22. The van der Waals surface area contributed by atoms with Crippen molar-refractivity contribution in [3.8, 4) is 5.75 Å². The van der Waals surface area contributed by atoms with Crippen LogP contribution in [-0.2, 0) is 11.2 Å². The van der Waals surface area contributed by atoms with E-state index in [0.717, 1.165) is 35.4 Å². The molecule has 102 valence electrons. The Balaban J connectivity index is 2.29. The maximum Gasteiger partial charge on any atom is 0.189 e. The van der Waals surface area contributed by atoms with Gasteiger partial charge in [-0.3, -0.25) is 0 Å². The summed E-state index contributed by atoms with van der Waals surface area (Å²) in [4.78, 5) is 0. The Labute approximate surface area is 116 Å². The van der Waals surface area contributed by atoms with Gasteiger partial charge in [0.25, 0.3) is 0 Å². The standard InChI is InChI=1S/C14H23ClO2Si/c1-5-12-6-7-13(10-14(12)15)17-11-16-8-9-18(2,3)4/h6-7,10H,5,8-9,11H2,1-4H3. The summed E-state index contributed by atoms with van der Waals surface area (Å²) in [6.45, 7) is 10.2. The van der Waals surface area contributed by atoms with Crippen molar-refractivity contribution in [2.24, 2.45) is 0 Å². The number of rotatable bonds is 7. The lowest BCUT2D eigenvalue weighted by molar-refractivity contribution is 0.0220. The first-order valence-corrected chi connectivity index (χ1v) is 10.5. The zero-order chi connectivity index (χ0) is 13.6. The Bertz CT molecular complexity index is 375. The van der Waals surface area contributed by atoms with Crippen LogP contribution in [0.3, 0.4) is 0 Å². The zero-order valence-corrected chi connectivity index (χ0v) is 13.5. The normalized spacial score (nSPS) is 11.6. The second-order valence-corrected chi connectivity index (χ2v) is 11.6. The van der Waals surface area contributed by atoms with Crippen molar-refractivity contribution < 1.29 is 9.47 Å². The zero-order valence-electron chi connectivity index (χ0n) is 11.8. The molecule has 0 aromatic heterocycles.